The summed E-state index contributed by atoms with van der Waals surface area (Å²) in [6.45, 7) is 9.40. The maximum Gasteiger partial charge on any atom is 0.0710 e. The number of piperidine rings is 1. The molecule has 0 amide bonds. The van der Waals surface area contributed by atoms with Crippen molar-refractivity contribution >= 4 is 0 Å². The van der Waals surface area contributed by atoms with Crippen LogP contribution in [0.5, 0.6) is 0 Å². The highest BCUT2D eigenvalue weighted by atomic mass is 16.5. The molecule has 0 bridgehead atoms. The van der Waals surface area contributed by atoms with Gasteiger partial charge in [0.1, 0.15) is 0 Å². The highest BCUT2D eigenvalue weighted by molar-refractivity contribution is 4.86. The van der Waals surface area contributed by atoms with Crippen LogP contribution in [0.25, 0.3) is 0 Å². The molecule has 3 nitrogen and oxygen atoms in total. The van der Waals surface area contributed by atoms with Crippen molar-refractivity contribution in [2.45, 2.75) is 70.1 Å². The fourth-order valence-electron chi connectivity index (χ4n) is 3.60. The van der Waals surface area contributed by atoms with Gasteiger partial charge in [0.05, 0.1) is 11.7 Å². The molecule has 0 radical (unpaired) electrons. The van der Waals surface area contributed by atoms with Crippen LogP contribution in [0.2, 0.25) is 0 Å². The lowest BCUT2D eigenvalue weighted by atomic mass is 9.97. The number of hydrogen-bond donors (Lipinski definition) is 1. The molecule has 19 heavy (non-hydrogen) atoms. The maximum atomic E-state index is 6.14. The van der Waals surface area contributed by atoms with Crippen molar-refractivity contribution in [3.63, 3.8) is 0 Å². The Morgan fingerprint density at radius 1 is 1.21 bits per heavy atom. The van der Waals surface area contributed by atoms with Gasteiger partial charge in [-0.1, -0.05) is 0 Å². The molecule has 3 heteroatoms. The summed E-state index contributed by atoms with van der Waals surface area (Å²) >= 11 is 0. The summed E-state index contributed by atoms with van der Waals surface area (Å²) in [6.07, 6.45) is 8.53. The Labute approximate surface area is 118 Å². The lowest BCUT2D eigenvalue weighted by Crippen LogP contribution is -2.43. The third-order valence-electron chi connectivity index (χ3n) is 4.89. The van der Waals surface area contributed by atoms with Gasteiger partial charge in [0.25, 0.3) is 0 Å². The van der Waals surface area contributed by atoms with Crippen LogP contribution in [0.4, 0.5) is 0 Å². The van der Waals surface area contributed by atoms with E-state index < -0.39 is 0 Å². The molecule has 1 aliphatic carbocycles. The molecule has 3 rings (SSSR count). The van der Waals surface area contributed by atoms with E-state index in [1.165, 1.54) is 58.2 Å². The molecular weight excluding hydrogens is 236 g/mol. The predicted octanol–water partition coefficient (Wildman–Crippen LogP) is 2.41. The zero-order chi connectivity index (χ0) is 13.3. The second kappa shape index (κ2) is 5.71. The van der Waals surface area contributed by atoms with E-state index in [2.05, 4.69) is 24.1 Å². The first-order chi connectivity index (χ1) is 9.11. The average molecular weight is 266 g/mol. The van der Waals surface area contributed by atoms with Crippen molar-refractivity contribution in [2.75, 3.05) is 26.2 Å². The Bertz CT molecular complexity index is 301. The Morgan fingerprint density at radius 3 is 2.74 bits per heavy atom. The van der Waals surface area contributed by atoms with E-state index in [1.807, 2.05) is 0 Å². The monoisotopic (exact) mass is 266 g/mol. The van der Waals surface area contributed by atoms with Gasteiger partial charge in [-0.25, -0.2) is 0 Å². The van der Waals surface area contributed by atoms with Gasteiger partial charge in [0.15, 0.2) is 0 Å². The highest BCUT2D eigenvalue weighted by Gasteiger charge is 2.33. The first-order valence-electron chi connectivity index (χ1n) is 8.24. The minimum absolute atomic E-state index is 0.118. The van der Waals surface area contributed by atoms with Gasteiger partial charge in [-0.15, -0.1) is 0 Å². The van der Waals surface area contributed by atoms with E-state index in [-0.39, 0.29) is 5.60 Å². The van der Waals surface area contributed by atoms with E-state index >= 15 is 0 Å². The van der Waals surface area contributed by atoms with Crippen molar-refractivity contribution in [1.29, 1.82) is 0 Å². The number of rotatable bonds is 5. The number of ether oxygens (including phenoxy) is 1. The fourth-order valence-corrected chi connectivity index (χ4v) is 3.60. The molecule has 3 aliphatic rings. The maximum absolute atomic E-state index is 6.14. The van der Waals surface area contributed by atoms with Gasteiger partial charge in [0, 0.05) is 19.1 Å². The number of nitrogens with zero attached hydrogens (tertiary/aromatic N) is 1. The van der Waals surface area contributed by atoms with Gasteiger partial charge in [-0.05, 0) is 71.4 Å². The lowest BCUT2D eigenvalue weighted by Gasteiger charge is -2.34. The Kier molecular flexibility index (Phi) is 4.16. The summed E-state index contributed by atoms with van der Waals surface area (Å²) < 4.78 is 6.14. The quantitative estimate of drug-likeness (QED) is 0.827. The molecule has 0 spiro atoms. The summed E-state index contributed by atoms with van der Waals surface area (Å²) in [6, 6.07) is 0.856. The summed E-state index contributed by atoms with van der Waals surface area (Å²) in [7, 11) is 0. The van der Waals surface area contributed by atoms with Gasteiger partial charge < -0.3 is 15.0 Å². The summed E-state index contributed by atoms with van der Waals surface area (Å²) in [5, 5.41) is 3.70. The number of hydrogen-bond acceptors (Lipinski definition) is 3. The predicted molar refractivity (Wildman–Crippen MR) is 78.4 cm³/mol. The standard InChI is InChI=1S/C16H30N2O/c1-16(2)8-7-15(19-16)12-18-9-3-4-13(11-18)10-17-14-5-6-14/h13-15,17H,3-12H2,1-2H3. The van der Waals surface area contributed by atoms with Crippen molar-refractivity contribution < 1.29 is 4.74 Å². The molecule has 110 valence electrons. The van der Waals surface area contributed by atoms with Gasteiger partial charge in [0.2, 0.25) is 0 Å². The fraction of sp³-hybridized carbons (Fsp3) is 1.00. The Morgan fingerprint density at radius 2 is 2.05 bits per heavy atom. The Hall–Kier alpha value is -0.120. The average Bonchev–Trinajstić information content (AvgIpc) is 3.13. The molecule has 2 heterocycles. The van der Waals surface area contributed by atoms with Crippen LogP contribution >= 0.6 is 0 Å². The summed E-state index contributed by atoms with van der Waals surface area (Å²) in [5.74, 6) is 0.865. The van der Waals surface area contributed by atoms with E-state index in [1.54, 1.807) is 0 Å². The summed E-state index contributed by atoms with van der Waals surface area (Å²) in [4.78, 5) is 2.65. The third kappa shape index (κ3) is 4.17. The van der Waals surface area contributed by atoms with Crippen LogP contribution in [-0.2, 0) is 4.74 Å². The zero-order valence-corrected chi connectivity index (χ0v) is 12.7. The van der Waals surface area contributed by atoms with Gasteiger partial charge >= 0.3 is 0 Å². The third-order valence-corrected chi connectivity index (χ3v) is 4.89. The van der Waals surface area contributed by atoms with Crippen LogP contribution in [0.15, 0.2) is 0 Å². The van der Waals surface area contributed by atoms with Crippen LogP contribution < -0.4 is 5.32 Å². The van der Waals surface area contributed by atoms with E-state index in [0.29, 0.717) is 6.10 Å². The summed E-state index contributed by atoms with van der Waals surface area (Å²) in [5.41, 5.74) is 0.118. The van der Waals surface area contributed by atoms with Crippen LogP contribution in [0.1, 0.15) is 52.4 Å². The second-order valence-electron chi connectivity index (χ2n) is 7.49. The van der Waals surface area contributed by atoms with Gasteiger partial charge in [-0.3, -0.25) is 0 Å². The zero-order valence-electron chi connectivity index (χ0n) is 12.7. The molecule has 2 saturated heterocycles. The van der Waals surface area contributed by atoms with E-state index in [9.17, 15) is 0 Å². The smallest absolute Gasteiger partial charge is 0.0710 e. The van der Waals surface area contributed by atoms with Crippen LogP contribution in [0.3, 0.4) is 0 Å². The largest absolute Gasteiger partial charge is 0.371 e. The van der Waals surface area contributed by atoms with Crippen molar-refractivity contribution in [1.82, 2.24) is 10.2 Å². The van der Waals surface area contributed by atoms with Crippen LogP contribution in [0, 0.1) is 5.92 Å². The molecule has 0 aromatic rings. The number of likely N-dealkylation sites (tertiary alicyclic amines) is 1. The normalized spacial score (nSPS) is 35.7. The molecule has 2 unspecified atom stereocenters. The minimum atomic E-state index is 0.118. The van der Waals surface area contributed by atoms with Crippen molar-refractivity contribution in [3.05, 3.63) is 0 Å². The SMILES string of the molecule is CC1(C)CCC(CN2CCCC(CNC3CC3)C2)O1. The molecule has 0 aromatic heterocycles. The molecule has 0 aromatic carbocycles. The first kappa shape index (κ1) is 13.8. The van der Waals surface area contributed by atoms with Crippen molar-refractivity contribution in [3.8, 4) is 0 Å². The second-order valence-corrected chi connectivity index (χ2v) is 7.49. The van der Waals surface area contributed by atoms with E-state index in [0.717, 1.165) is 18.5 Å². The molecular formula is C16H30N2O. The number of nitrogens with one attached hydrogen (secondary N) is 1. The van der Waals surface area contributed by atoms with E-state index in [4.69, 9.17) is 4.74 Å². The first-order valence-corrected chi connectivity index (χ1v) is 8.24. The molecule has 1 N–H and O–H groups in total. The molecule has 1 saturated carbocycles. The lowest BCUT2D eigenvalue weighted by molar-refractivity contribution is -0.0328. The van der Waals surface area contributed by atoms with Crippen LogP contribution in [-0.4, -0.2) is 48.8 Å². The van der Waals surface area contributed by atoms with Crippen molar-refractivity contribution in [2.24, 2.45) is 5.92 Å². The Balaban J connectivity index is 1.40. The topological polar surface area (TPSA) is 24.5 Å². The minimum Gasteiger partial charge on any atom is -0.371 e. The molecule has 2 atom stereocenters. The highest BCUT2D eigenvalue weighted by Crippen LogP contribution is 2.30. The molecule has 3 fully saturated rings. The van der Waals surface area contributed by atoms with Gasteiger partial charge in [-0.2, -0.15) is 0 Å². The molecule has 2 aliphatic heterocycles.